The zero-order valence-electron chi connectivity index (χ0n) is 20.8. The molecule has 2 saturated heterocycles. The molecule has 0 aliphatic carbocycles. The first-order valence-electron chi connectivity index (χ1n) is 12.9. The number of piperidine rings is 1. The monoisotopic (exact) mass is 474 g/mol. The van der Waals surface area contributed by atoms with Crippen LogP contribution in [0.3, 0.4) is 0 Å². The van der Waals surface area contributed by atoms with Crippen LogP contribution in [-0.4, -0.2) is 73.6 Å². The van der Waals surface area contributed by atoms with E-state index < -0.39 is 0 Å². The van der Waals surface area contributed by atoms with Gasteiger partial charge in [-0.3, -0.25) is 4.79 Å². The Balaban J connectivity index is 1.52. The Kier molecular flexibility index (Phi) is 8.75. The minimum absolute atomic E-state index is 0.105. The van der Waals surface area contributed by atoms with Crippen LogP contribution in [0.4, 0.5) is 5.69 Å². The summed E-state index contributed by atoms with van der Waals surface area (Å²) in [7, 11) is 0. The zero-order chi connectivity index (χ0) is 24.6. The molecular formula is C28H38N6O. The van der Waals surface area contributed by atoms with Crippen molar-refractivity contribution in [2.24, 2.45) is 5.73 Å². The van der Waals surface area contributed by atoms with Crippen molar-refractivity contribution < 1.29 is 4.79 Å². The number of anilines is 1. The number of nitrogens with zero attached hydrogens (tertiary/aromatic N) is 4. The first-order chi connectivity index (χ1) is 17.1. The first-order valence-corrected chi connectivity index (χ1v) is 12.9. The largest absolute Gasteiger partial charge is 0.364 e. The Morgan fingerprint density at radius 3 is 2.51 bits per heavy atom. The van der Waals surface area contributed by atoms with Gasteiger partial charge in [-0.05, 0) is 74.7 Å². The van der Waals surface area contributed by atoms with Crippen LogP contribution in [0, 0.1) is 11.3 Å². The van der Waals surface area contributed by atoms with Crippen LogP contribution in [0.1, 0.15) is 47.7 Å². The SMILES string of the molecule is CC(CCN)N1CCC(N(Cc2cccc(C#N)c2)c2ccc(C(=O)N3CCNCC3)cc2)CC1. The van der Waals surface area contributed by atoms with Crippen molar-refractivity contribution in [1.82, 2.24) is 15.1 Å². The number of nitrogens with one attached hydrogen (secondary N) is 1. The maximum atomic E-state index is 12.9. The van der Waals surface area contributed by atoms with Gasteiger partial charge in [-0.2, -0.15) is 5.26 Å². The van der Waals surface area contributed by atoms with E-state index >= 15 is 0 Å². The van der Waals surface area contributed by atoms with Crippen molar-refractivity contribution in [2.45, 2.75) is 44.8 Å². The second kappa shape index (κ2) is 12.2. The lowest BCUT2D eigenvalue weighted by Crippen LogP contribution is -2.48. The molecule has 2 aliphatic heterocycles. The molecule has 2 aromatic rings. The van der Waals surface area contributed by atoms with Gasteiger partial charge in [0.05, 0.1) is 11.6 Å². The number of benzene rings is 2. The first kappa shape index (κ1) is 25.2. The number of carbonyl (C=O) groups is 1. The molecule has 0 spiro atoms. The standard InChI is InChI=1S/C28H38N6O/c1-22(9-12-29)32-15-10-27(11-16-32)34(21-24-4-2-3-23(19-24)20-30)26-7-5-25(6-8-26)28(35)33-17-13-31-14-18-33/h2-8,19,22,27,31H,9-18,21,29H2,1H3. The normalized spacial score (nSPS) is 18.1. The number of amides is 1. The molecule has 2 fully saturated rings. The van der Waals surface area contributed by atoms with Crippen molar-refractivity contribution in [1.29, 1.82) is 5.26 Å². The fourth-order valence-corrected chi connectivity index (χ4v) is 5.28. The van der Waals surface area contributed by atoms with Crippen LogP contribution in [-0.2, 0) is 6.54 Å². The molecule has 1 amide bonds. The highest BCUT2D eigenvalue weighted by atomic mass is 16.2. The van der Waals surface area contributed by atoms with Crippen molar-refractivity contribution >= 4 is 11.6 Å². The summed E-state index contributed by atoms with van der Waals surface area (Å²) < 4.78 is 0. The number of rotatable bonds is 8. The third kappa shape index (κ3) is 6.40. The van der Waals surface area contributed by atoms with Crippen LogP contribution in [0.15, 0.2) is 48.5 Å². The van der Waals surface area contributed by atoms with Crippen molar-refractivity contribution in [2.75, 3.05) is 50.7 Å². The van der Waals surface area contributed by atoms with E-state index in [1.165, 1.54) is 0 Å². The number of piperazine rings is 1. The average molecular weight is 475 g/mol. The third-order valence-electron chi connectivity index (χ3n) is 7.41. The Morgan fingerprint density at radius 2 is 1.86 bits per heavy atom. The molecule has 1 atom stereocenters. The molecule has 2 aromatic carbocycles. The zero-order valence-corrected chi connectivity index (χ0v) is 20.8. The lowest BCUT2D eigenvalue weighted by atomic mass is 9.98. The minimum atomic E-state index is 0.105. The predicted molar refractivity (Wildman–Crippen MR) is 140 cm³/mol. The van der Waals surface area contributed by atoms with Crippen molar-refractivity contribution in [3.05, 3.63) is 65.2 Å². The van der Waals surface area contributed by atoms with Crippen LogP contribution in [0.5, 0.6) is 0 Å². The summed E-state index contributed by atoms with van der Waals surface area (Å²) in [4.78, 5) is 19.9. The summed E-state index contributed by atoms with van der Waals surface area (Å²) in [5.41, 5.74) is 9.47. The van der Waals surface area contributed by atoms with E-state index in [1.807, 2.05) is 35.2 Å². The molecule has 2 heterocycles. The number of nitriles is 1. The number of likely N-dealkylation sites (tertiary alicyclic amines) is 1. The highest BCUT2D eigenvalue weighted by molar-refractivity contribution is 5.94. The molecule has 3 N–H and O–H groups in total. The Labute approximate surface area is 209 Å². The molecule has 2 aliphatic rings. The van der Waals surface area contributed by atoms with Crippen molar-refractivity contribution in [3.8, 4) is 6.07 Å². The molecule has 0 aromatic heterocycles. The van der Waals surface area contributed by atoms with E-state index in [4.69, 9.17) is 5.73 Å². The van der Waals surface area contributed by atoms with Gasteiger partial charge in [0.25, 0.3) is 5.91 Å². The van der Waals surface area contributed by atoms with Gasteiger partial charge in [0, 0.05) is 69.1 Å². The number of carbonyl (C=O) groups excluding carboxylic acids is 1. The lowest BCUT2D eigenvalue weighted by Gasteiger charge is -2.42. The summed E-state index contributed by atoms with van der Waals surface area (Å²) in [5.74, 6) is 0.105. The second-order valence-corrected chi connectivity index (χ2v) is 9.72. The maximum absolute atomic E-state index is 12.9. The fourth-order valence-electron chi connectivity index (χ4n) is 5.28. The van der Waals surface area contributed by atoms with Gasteiger partial charge in [-0.25, -0.2) is 0 Å². The molecule has 0 saturated carbocycles. The average Bonchev–Trinajstić information content (AvgIpc) is 2.92. The summed E-state index contributed by atoms with van der Waals surface area (Å²) in [6.07, 6.45) is 3.18. The molecule has 1 unspecified atom stereocenters. The Morgan fingerprint density at radius 1 is 1.14 bits per heavy atom. The summed E-state index contributed by atoms with van der Waals surface area (Å²) >= 11 is 0. The van der Waals surface area contributed by atoms with Gasteiger partial charge in [-0.1, -0.05) is 12.1 Å². The Hall–Kier alpha value is -2.92. The van der Waals surface area contributed by atoms with E-state index in [9.17, 15) is 10.1 Å². The molecule has 4 rings (SSSR count). The van der Waals surface area contributed by atoms with Gasteiger partial charge >= 0.3 is 0 Å². The topological polar surface area (TPSA) is 88.6 Å². The van der Waals surface area contributed by atoms with E-state index in [0.717, 1.165) is 88.4 Å². The van der Waals surface area contributed by atoms with Crippen molar-refractivity contribution in [3.63, 3.8) is 0 Å². The molecule has 7 heteroatoms. The predicted octanol–water partition coefficient (Wildman–Crippen LogP) is 2.81. The van der Waals surface area contributed by atoms with Gasteiger partial charge in [-0.15, -0.1) is 0 Å². The number of hydrogen-bond acceptors (Lipinski definition) is 6. The number of hydrogen-bond donors (Lipinski definition) is 2. The van der Waals surface area contributed by atoms with E-state index in [0.29, 0.717) is 17.6 Å². The second-order valence-electron chi connectivity index (χ2n) is 9.72. The van der Waals surface area contributed by atoms with Gasteiger partial charge in [0.2, 0.25) is 0 Å². The number of nitrogens with two attached hydrogens (primary N) is 1. The van der Waals surface area contributed by atoms with E-state index in [-0.39, 0.29) is 5.91 Å². The van der Waals surface area contributed by atoms with Crippen LogP contribution in [0.2, 0.25) is 0 Å². The molecular weight excluding hydrogens is 436 g/mol. The van der Waals surface area contributed by atoms with Crippen LogP contribution < -0.4 is 16.0 Å². The minimum Gasteiger partial charge on any atom is -0.364 e. The molecule has 0 bridgehead atoms. The summed E-state index contributed by atoms with van der Waals surface area (Å²) in [5, 5.41) is 12.7. The summed E-state index contributed by atoms with van der Waals surface area (Å²) in [6, 6.07) is 19.2. The van der Waals surface area contributed by atoms with Gasteiger partial charge in [0.1, 0.15) is 0 Å². The van der Waals surface area contributed by atoms with E-state index in [1.54, 1.807) is 0 Å². The smallest absolute Gasteiger partial charge is 0.253 e. The van der Waals surface area contributed by atoms with Crippen LogP contribution >= 0.6 is 0 Å². The molecule has 35 heavy (non-hydrogen) atoms. The molecule has 7 nitrogen and oxygen atoms in total. The van der Waals surface area contributed by atoms with Gasteiger partial charge in [0.15, 0.2) is 0 Å². The third-order valence-corrected chi connectivity index (χ3v) is 7.41. The van der Waals surface area contributed by atoms with Crippen LogP contribution in [0.25, 0.3) is 0 Å². The van der Waals surface area contributed by atoms with E-state index in [2.05, 4.69) is 46.3 Å². The van der Waals surface area contributed by atoms with Gasteiger partial charge < -0.3 is 25.8 Å². The fraction of sp³-hybridized carbons (Fsp3) is 0.500. The molecule has 0 radical (unpaired) electrons. The molecule has 186 valence electrons. The highest BCUT2D eigenvalue weighted by Crippen LogP contribution is 2.28. The Bertz CT molecular complexity index is 1000. The lowest BCUT2D eigenvalue weighted by molar-refractivity contribution is 0.0736. The summed E-state index contributed by atoms with van der Waals surface area (Å²) in [6.45, 7) is 9.05. The highest BCUT2D eigenvalue weighted by Gasteiger charge is 2.27. The quantitative estimate of drug-likeness (QED) is 0.612. The maximum Gasteiger partial charge on any atom is 0.253 e.